The molecule has 0 unspecified atom stereocenters. The number of nitrogens with zero attached hydrogens (tertiary/aromatic N) is 2. The lowest BCUT2D eigenvalue weighted by molar-refractivity contribution is -0.135. The molecule has 0 saturated carbocycles. The summed E-state index contributed by atoms with van der Waals surface area (Å²) < 4.78 is 5.81. The van der Waals surface area contributed by atoms with Gasteiger partial charge in [-0.05, 0) is 55.7 Å². The largest absolute Gasteiger partial charge is 0.491 e. The molecule has 2 aliphatic rings. The molecule has 0 radical (unpaired) electrons. The van der Waals surface area contributed by atoms with Crippen molar-refractivity contribution in [2.45, 2.75) is 27.2 Å². The Labute approximate surface area is 177 Å². The van der Waals surface area contributed by atoms with Crippen LogP contribution < -0.4 is 15.0 Å². The summed E-state index contributed by atoms with van der Waals surface area (Å²) >= 11 is 0. The Morgan fingerprint density at radius 1 is 1.10 bits per heavy atom. The van der Waals surface area contributed by atoms with Gasteiger partial charge in [-0.25, -0.2) is 0 Å². The van der Waals surface area contributed by atoms with Crippen LogP contribution in [-0.4, -0.2) is 49.5 Å². The summed E-state index contributed by atoms with van der Waals surface area (Å²) in [6.07, 6.45) is 0.169. The van der Waals surface area contributed by atoms with Crippen LogP contribution in [-0.2, 0) is 9.59 Å². The van der Waals surface area contributed by atoms with E-state index >= 15 is 0 Å². The zero-order valence-electron chi connectivity index (χ0n) is 17.9. The van der Waals surface area contributed by atoms with Crippen LogP contribution in [0.25, 0.3) is 0 Å². The predicted octanol–water partition coefficient (Wildman–Crippen LogP) is 3.30. The van der Waals surface area contributed by atoms with Gasteiger partial charge in [0, 0.05) is 38.3 Å². The summed E-state index contributed by atoms with van der Waals surface area (Å²) in [5.74, 6) is 0.0384. The maximum atomic E-state index is 12.9. The molecule has 0 bridgehead atoms. The van der Waals surface area contributed by atoms with E-state index in [0.29, 0.717) is 24.5 Å². The molecule has 6 heteroatoms. The molecule has 2 heterocycles. The van der Waals surface area contributed by atoms with E-state index in [2.05, 4.69) is 42.3 Å². The molecule has 1 saturated heterocycles. The van der Waals surface area contributed by atoms with E-state index < -0.39 is 5.92 Å². The number of anilines is 2. The average Bonchev–Trinajstić information content (AvgIpc) is 2.88. The van der Waals surface area contributed by atoms with E-state index in [9.17, 15) is 9.59 Å². The molecule has 158 valence electrons. The van der Waals surface area contributed by atoms with E-state index in [0.717, 1.165) is 18.7 Å². The maximum absolute atomic E-state index is 12.9. The first-order valence-electron chi connectivity index (χ1n) is 10.6. The van der Waals surface area contributed by atoms with Crippen molar-refractivity contribution in [1.29, 1.82) is 0 Å². The van der Waals surface area contributed by atoms with Crippen molar-refractivity contribution < 1.29 is 14.3 Å². The van der Waals surface area contributed by atoms with Crippen LogP contribution in [0.2, 0.25) is 0 Å². The lowest BCUT2D eigenvalue weighted by Crippen LogP contribution is -2.49. The SMILES string of the molecule is Cc1ccc2c(c1)NC(=O)[C@@H](CC(=O)N1CCN(c3cccc(C)c3C)CC1)CO2. The maximum Gasteiger partial charge on any atom is 0.231 e. The fraction of sp³-hybridized carbons (Fsp3) is 0.417. The number of amides is 2. The highest BCUT2D eigenvalue weighted by molar-refractivity contribution is 5.97. The third-order valence-corrected chi connectivity index (χ3v) is 6.17. The molecule has 30 heavy (non-hydrogen) atoms. The van der Waals surface area contributed by atoms with Crippen molar-refractivity contribution in [2.75, 3.05) is 43.0 Å². The fourth-order valence-electron chi connectivity index (χ4n) is 4.13. The number of piperazine rings is 1. The molecule has 1 atom stereocenters. The minimum absolute atomic E-state index is 0.0153. The Bertz CT molecular complexity index is 964. The lowest BCUT2D eigenvalue weighted by Gasteiger charge is -2.37. The molecule has 2 aromatic carbocycles. The van der Waals surface area contributed by atoms with Crippen molar-refractivity contribution in [2.24, 2.45) is 5.92 Å². The van der Waals surface area contributed by atoms with Crippen LogP contribution in [0.3, 0.4) is 0 Å². The number of hydrogen-bond acceptors (Lipinski definition) is 4. The second-order valence-corrected chi connectivity index (χ2v) is 8.29. The molecule has 1 N–H and O–H groups in total. The van der Waals surface area contributed by atoms with Gasteiger partial charge in [0.05, 0.1) is 11.6 Å². The first-order chi connectivity index (χ1) is 14.4. The van der Waals surface area contributed by atoms with Gasteiger partial charge in [0.1, 0.15) is 12.4 Å². The Hall–Kier alpha value is -3.02. The lowest BCUT2D eigenvalue weighted by atomic mass is 10.0. The number of carbonyl (C=O) groups is 2. The summed E-state index contributed by atoms with van der Waals surface area (Å²) in [5.41, 5.74) is 5.54. The van der Waals surface area contributed by atoms with Crippen molar-refractivity contribution in [1.82, 2.24) is 4.90 Å². The number of benzene rings is 2. The molecule has 0 aromatic heterocycles. The monoisotopic (exact) mass is 407 g/mol. The Balaban J connectivity index is 1.35. The Morgan fingerprint density at radius 3 is 2.63 bits per heavy atom. The molecule has 1 fully saturated rings. The number of ether oxygens (including phenoxy) is 1. The summed E-state index contributed by atoms with van der Waals surface area (Å²) in [7, 11) is 0. The Kier molecular flexibility index (Phi) is 5.66. The molecular formula is C24H29N3O3. The summed E-state index contributed by atoms with van der Waals surface area (Å²) in [6, 6.07) is 12.1. The number of fused-ring (bicyclic) bond motifs is 1. The zero-order chi connectivity index (χ0) is 21.3. The average molecular weight is 408 g/mol. The first kappa shape index (κ1) is 20.3. The summed E-state index contributed by atoms with van der Waals surface area (Å²) in [5, 5.41) is 2.92. The van der Waals surface area contributed by atoms with E-state index in [1.165, 1.54) is 16.8 Å². The Morgan fingerprint density at radius 2 is 1.87 bits per heavy atom. The minimum atomic E-state index is -0.484. The molecule has 0 aliphatic carbocycles. The highest BCUT2D eigenvalue weighted by Gasteiger charge is 2.30. The topological polar surface area (TPSA) is 61.9 Å². The highest BCUT2D eigenvalue weighted by Crippen LogP contribution is 2.30. The third kappa shape index (κ3) is 4.13. The van der Waals surface area contributed by atoms with Crippen molar-refractivity contribution in [3.8, 4) is 5.75 Å². The normalized spacial score (nSPS) is 18.9. The van der Waals surface area contributed by atoms with Crippen molar-refractivity contribution >= 4 is 23.2 Å². The van der Waals surface area contributed by atoms with Crippen LogP contribution in [0.1, 0.15) is 23.1 Å². The number of hydrogen-bond donors (Lipinski definition) is 1. The van der Waals surface area contributed by atoms with Gasteiger partial charge < -0.3 is 19.9 Å². The van der Waals surface area contributed by atoms with E-state index in [1.54, 1.807) is 0 Å². The number of nitrogens with one attached hydrogen (secondary N) is 1. The smallest absolute Gasteiger partial charge is 0.231 e. The van der Waals surface area contributed by atoms with Gasteiger partial charge in [-0.2, -0.15) is 0 Å². The first-order valence-corrected chi connectivity index (χ1v) is 10.6. The van der Waals surface area contributed by atoms with Gasteiger partial charge in [-0.1, -0.05) is 18.2 Å². The zero-order valence-corrected chi connectivity index (χ0v) is 17.9. The highest BCUT2D eigenvalue weighted by atomic mass is 16.5. The second kappa shape index (κ2) is 8.38. The molecule has 2 aliphatic heterocycles. The van der Waals surface area contributed by atoms with Gasteiger partial charge in [0.25, 0.3) is 0 Å². The summed E-state index contributed by atoms with van der Waals surface area (Å²) in [4.78, 5) is 29.7. The molecule has 2 amide bonds. The van der Waals surface area contributed by atoms with Crippen molar-refractivity contribution in [3.05, 3.63) is 53.1 Å². The van der Waals surface area contributed by atoms with Gasteiger partial charge in [0.2, 0.25) is 11.8 Å². The quantitative estimate of drug-likeness (QED) is 0.848. The number of carbonyl (C=O) groups excluding carboxylic acids is 2. The number of aryl methyl sites for hydroxylation is 2. The van der Waals surface area contributed by atoms with Gasteiger partial charge in [0.15, 0.2) is 0 Å². The molecular weight excluding hydrogens is 378 g/mol. The van der Waals surface area contributed by atoms with Crippen LogP contribution in [0.4, 0.5) is 11.4 Å². The van der Waals surface area contributed by atoms with E-state index in [1.807, 2.05) is 30.0 Å². The van der Waals surface area contributed by atoms with E-state index in [-0.39, 0.29) is 24.8 Å². The fourth-order valence-corrected chi connectivity index (χ4v) is 4.13. The molecule has 2 aromatic rings. The summed E-state index contributed by atoms with van der Waals surface area (Å²) in [6.45, 7) is 9.39. The van der Waals surface area contributed by atoms with Gasteiger partial charge in [-0.3, -0.25) is 9.59 Å². The molecule has 4 rings (SSSR count). The van der Waals surface area contributed by atoms with E-state index in [4.69, 9.17) is 4.74 Å². The standard InChI is InChI=1S/C24H29N3O3/c1-16-7-8-22-20(13-16)25-24(29)19(15-30-22)14-23(28)27-11-9-26(10-12-27)21-6-4-5-17(2)18(21)3/h4-8,13,19H,9-12,14-15H2,1-3H3,(H,25,29)/t19-/m0/s1. The number of rotatable bonds is 3. The third-order valence-electron chi connectivity index (χ3n) is 6.17. The van der Waals surface area contributed by atoms with Crippen molar-refractivity contribution in [3.63, 3.8) is 0 Å². The second-order valence-electron chi connectivity index (χ2n) is 8.29. The van der Waals surface area contributed by atoms with Crippen LogP contribution >= 0.6 is 0 Å². The predicted molar refractivity (Wildman–Crippen MR) is 118 cm³/mol. The van der Waals surface area contributed by atoms with Crippen LogP contribution in [0.15, 0.2) is 36.4 Å². The molecule has 0 spiro atoms. The van der Waals surface area contributed by atoms with Gasteiger partial charge >= 0.3 is 0 Å². The minimum Gasteiger partial charge on any atom is -0.491 e. The van der Waals surface area contributed by atoms with Gasteiger partial charge in [-0.15, -0.1) is 0 Å². The van der Waals surface area contributed by atoms with Crippen LogP contribution in [0, 0.1) is 26.7 Å². The molecule has 6 nitrogen and oxygen atoms in total. The van der Waals surface area contributed by atoms with Crippen LogP contribution in [0.5, 0.6) is 5.75 Å².